The second-order valence-corrected chi connectivity index (χ2v) is 15.6. The second kappa shape index (κ2) is 15.6. The van der Waals surface area contributed by atoms with Gasteiger partial charge in [0.25, 0.3) is 0 Å². The van der Waals surface area contributed by atoms with Crippen LogP contribution in [-0.4, -0.2) is 87.8 Å². The number of isocyanates is 1. The summed E-state index contributed by atoms with van der Waals surface area (Å²) in [5.41, 5.74) is -0.774. The third kappa shape index (κ3) is 7.93. The van der Waals surface area contributed by atoms with E-state index in [4.69, 9.17) is 31.0 Å². The van der Waals surface area contributed by atoms with E-state index in [2.05, 4.69) is 11.9 Å². The van der Waals surface area contributed by atoms with Crippen LogP contribution < -0.4 is 0 Å². The van der Waals surface area contributed by atoms with Crippen molar-refractivity contribution in [2.24, 2.45) is 4.99 Å². The highest BCUT2D eigenvalue weighted by atomic mass is 28.4. The first-order chi connectivity index (χ1) is 14.8. The fourth-order valence-electron chi connectivity index (χ4n) is 4.17. The number of hydrogen-bond acceptors (Lipinski definition) is 9. The van der Waals surface area contributed by atoms with Gasteiger partial charge >= 0.3 is 27.4 Å². The standard InChI is InChI=1S/C19H43NO8Si3/c1-10-19(20-17-21,14-16-31(24-7,25-8)26-9)18(4,13-15-29(22-5)23-6)30(27-11-2)28-12-3/h29-30H,10-16H2,1-9H3. The largest absolute Gasteiger partial charge is 0.500 e. The van der Waals surface area contributed by atoms with Crippen molar-refractivity contribution in [3.05, 3.63) is 0 Å². The van der Waals surface area contributed by atoms with Gasteiger partial charge in [-0.15, -0.1) is 0 Å². The first-order valence-electron chi connectivity index (χ1n) is 10.8. The Labute approximate surface area is 192 Å². The molecule has 9 nitrogen and oxygen atoms in total. The summed E-state index contributed by atoms with van der Waals surface area (Å²) >= 11 is 0. The van der Waals surface area contributed by atoms with Gasteiger partial charge in [0.05, 0.1) is 5.54 Å². The van der Waals surface area contributed by atoms with Crippen LogP contribution in [0.15, 0.2) is 4.99 Å². The predicted molar refractivity (Wildman–Crippen MR) is 127 cm³/mol. The molecule has 0 aliphatic heterocycles. The lowest BCUT2D eigenvalue weighted by Gasteiger charge is -2.48. The van der Waals surface area contributed by atoms with E-state index in [0.717, 1.165) is 6.04 Å². The smallest absolute Gasteiger partial charge is 0.400 e. The molecule has 2 unspecified atom stereocenters. The molecule has 0 heterocycles. The Hall–Kier alpha value is -0.249. The van der Waals surface area contributed by atoms with Gasteiger partial charge in [0, 0.05) is 59.8 Å². The maximum Gasteiger partial charge on any atom is 0.500 e. The zero-order valence-electron chi connectivity index (χ0n) is 20.8. The molecule has 0 N–H and O–H groups in total. The van der Waals surface area contributed by atoms with Crippen LogP contribution in [0.4, 0.5) is 0 Å². The van der Waals surface area contributed by atoms with Gasteiger partial charge in [-0.1, -0.05) is 13.8 Å². The van der Waals surface area contributed by atoms with Crippen molar-refractivity contribution >= 4 is 33.5 Å². The molecule has 2 atom stereocenters. The lowest BCUT2D eigenvalue weighted by atomic mass is 9.78. The van der Waals surface area contributed by atoms with Crippen LogP contribution in [0.25, 0.3) is 0 Å². The summed E-state index contributed by atoms with van der Waals surface area (Å²) in [5, 5.41) is -0.525. The summed E-state index contributed by atoms with van der Waals surface area (Å²) in [6.07, 6.45) is 3.66. The quantitative estimate of drug-likeness (QED) is 0.153. The van der Waals surface area contributed by atoms with Gasteiger partial charge < -0.3 is 31.0 Å². The van der Waals surface area contributed by atoms with Crippen molar-refractivity contribution < 1.29 is 35.8 Å². The Morgan fingerprint density at radius 1 is 0.903 bits per heavy atom. The maximum absolute atomic E-state index is 11.7. The Morgan fingerprint density at radius 2 is 1.42 bits per heavy atom. The first-order valence-corrected chi connectivity index (χ1v) is 16.0. The number of rotatable bonds is 19. The normalized spacial score (nSPS) is 16.2. The van der Waals surface area contributed by atoms with Gasteiger partial charge in [-0.2, -0.15) is 4.99 Å². The molecule has 0 aliphatic rings. The number of hydrogen-bond donors (Lipinski definition) is 0. The fourth-order valence-corrected chi connectivity index (χ4v) is 10.5. The van der Waals surface area contributed by atoms with E-state index in [-0.39, 0.29) is 0 Å². The van der Waals surface area contributed by atoms with Gasteiger partial charge in [-0.25, -0.2) is 4.79 Å². The van der Waals surface area contributed by atoms with E-state index in [1.54, 1.807) is 35.5 Å². The molecule has 0 aromatic rings. The van der Waals surface area contributed by atoms with Crippen molar-refractivity contribution in [2.75, 3.05) is 48.8 Å². The lowest BCUT2D eigenvalue weighted by molar-refractivity contribution is 0.111. The third-order valence-electron chi connectivity index (χ3n) is 6.27. The molecule has 0 bridgehead atoms. The molecule has 0 aliphatic carbocycles. The molecule has 0 saturated carbocycles. The molecule has 0 aromatic carbocycles. The number of nitrogens with zero attached hydrogens (tertiary/aromatic N) is 1. The molecule has 0 fully saturated rings. The van der Waals surface area contributed by atoms with E-state index in [1.807, 2.05) is 26.9 Å². The highest BCUT2D eigenvalue weighted by Gasteiger charge is 2.56. The maximum atomic E-state index is 11.7. The SMILES string of the molecule is CCO[SiH](OCC)C(C)(CC[SiH](OC)OC)C(CC)(CC[Si](OC)(OC)OC)N=C=O. The Bertz CT molecular complexity index is 518. The Balaban J connectivity index is 6.39. The molecule has 31 heavy (non-hydrogen) atoms. The summed E-state index contributed by atoms with van der Waals surface area (Å²) in [6, 6.07) is 1.24. The van der Waals surface area contributed by atoms with Crippen molar-refractivity contribution in [1.29, 1.82) is 0 Å². The van der Waals surface area contributed by atoms with Crippen LogP contribution in [0, 0.1) is 0 Å². The molecule has 12 heteroatoms. The first kappa shape index (κ1) is 30.8. The third-order valence-corrected chi connectivity index (χ3v) is 13.9. The van der Waals surface area contributed by atoms with Crippen molar-refractivity contribution in [2.45, 2.75) is 69.6 Å². The van der Waals surface area contributed by atoms with Gasteiger partial charge in [0.1, 0.15) is 0 Å². The van der Waals surface area contributed by atoms with Gasteiger partial charge in [0.15, 0.2) is 0 Å². The predicted octanol–water partition coefficient (Wildman–Crippen LogP) is 2.70. The van der Waals surface area contributed by atoms with Gasteiger partial charge in [-0.3, -0.25) is 0 Å². The van der Waals surface area contributed by atoms with Crippen molar-refractivity contribution in [3.63, 3.8) is 0 Å². The second-order valence-electron chi connectivity index (χ2n) is 7.48. The van der Waals surface area contributed by atoms with E-state index in [1.165, 1.54) is 0 Å². The molecule has 0 saturated heterocycles. The van der Waals surface area contributed by atoms with Crippen LogP contribution in [0.1, 0.15) is 47.0 Å². The average Bonchev–Trinajstić information content (AvgIpc) is 2.79. The van der Waals surface area contributed by atoms with Crippen molar-refractivity contribution in [3.8, 4) is 0 Å². The van der Waals surface area contributed by atoms with Crippen LogP contribution in [-0.2, 0) is 35.8 Å². The molecule has 184 valence electrons. The molecular weight excluding hydrogens is 454 g/mol. The average molecular weight is 498 g/mol. The van der Waals surface area contributed by atoms with E-state index in [9.17, 15) is 4.79 Å². The summed E-state index contributed by atoms with van der Waals surface area (Å²) in [4.78, 5) is 16.1. The fraction of sp³-hybridized carbons (Fsp3) is 0.947. The van der Waals surface area contributed by atoms with Crippen LogP contribution in [0.5, 0.6) is 0 Å². The zero-order chi connectivity index (χ0) is 24.0. The highest BCUT2D eigenvalue weighted by molar-refractivity contribution is 6.60. The Morgan fingerprint density at radius 3 is 1.77 bits per heavy atom. The van der Waals surface area contributed by atoms with Crippen LogP contribution in [0.2, 0.25) is 17.1 Å². The monoisotopic (exact) mass is 497 g/mol. The van der Waals surface area contributed by atoms with E-state index in [0.29, 0.717) is 38.5 Å². The molecular formula is C19H43NO8Si3. The molecule has 0 radical (unpaired) electrons. The van der Waals surface area contributed by atoms with Crippen molar-refractivity contribution in [1.82, 2.24) is 0 Å². The molecule has 0 rings (SSSR count). The molecule has 0 spiro atoms. The minimum Gasteiger partial charge on any atom is -0.400 e. The topological polar surface area (TPSA) is 94.0 Å². The van der Waals surface area contributed by atoms with Crippen LogP contribution in [0.3, 0.4) is 0 Å². The van der Waals surface area contributed by atoms with E-state index >= 15 is 0 Å². The van der Waals surface area contributed by atoms with Crippen LogP contribution >= 0.6 is 0 Å². The highest BCUT2D eigenvalue weighted by Crippen LogP contribution is 2.54. The summed E-state index contributed by atoms with van der Waals surface area (Å²) < 4.78 is 40.4. The minimum absolute atomic E-state index is 0.500. The van der Waals surface area contributed by atoms with Gasteiger partial charge in [0.2, 0.25) is 6.08 Å². The number of carbonyl (C=O) groups excluding carboxylic acids is 1. The zero-order valence-corrected chi connectivity index (χ0v) is 24.1. The Kier molecular flexibility index (Phi) is 15.4. The summed E-state index contributed by atoms with van der Waals surface area (Å²) in [7, 11) is 1.07. The minimum atomic E-state index is -2.88. The van der Waals surface area contributed by atoms with Gasteiger partial charge in [-0.05, 0) is 39.2 Å². The summed E-state index contributed by atoms with van der Waals surface area (Å²) in [6.45, 7) is 9.11. The van der Waals surface area contributed by atoms with E-state index < -0.39 is 37.9 Å². The summed E-state index contributed by atoms with van der Waals surface area (Å²) in [5.74, 6) is 0. The lowest BCUT2D eigenvalue weighted by Crippen LogP contribution is -2.53. The molecule has 0 aromatic heterocycles. The molecule has 0 amide bonds. The number of aliphatic imine (C=N–C) groups is 1.